The molecule has 1 heterocycles. The van der Waals surface area contributed by atoms with E-state index in [9.17, 15) is 9.59 Å². The van der Waals surface area contributed by atoms with E-state index in [2.05, 4.69) is 15.8 Å². The van der Waals surface area contributed by atoms with Crippen LogP contribution in [0.4, 0.5) is 0 Å². The van der Waals surface area contributed by atoms with Crippen LogP contribution in [-0.4, -0.2) is 31.0 Å². The number of hydrogen-bond acceptors (Lipinski definition) is 4. The summed E-state index contributed by atoms with van der Waals surface area (Å²) in [6, 6.07) is 10.1. The number of aryl methyl sites for hydroxylation is 2. The fourth-order valence-electron chi connectivity index (χ4n) is 2.84. The molecule has 0 unspecified atom stereocenters. The van der Waals surface area contributed by atoms with Gasteiger partial charge in [0.2, 0.25) is 0 Å². The predicted octanol–water partition coefficient (Wildman–Crippen LogP) is 2.88. The number of fused-ring (bicyclic) bond motifs is 1. The molecule has 140 valence electrons. The van der Waals surface area contributed by atoms with Gasteiger partial charge in [0.1, 0.15) is 0 Å². The zero-order valence-corrected chi connectivity index (χ0v) is 15.6. The first-order chi connectivity index (χ1) is 12.9. The highest BCUT2D eigenvalue weighted by Crippen LogP contribution is 2.27. The number of benzene rings is 2. The van der Waals surface area contributed by atoms with Crippen molar-refractivity contribution in [2.24, 2.45) is 0 Å². The van der Waals surface area contributed by atoms with Gasteiger partial charge in [0.05, 0.1) is 14.2 Å². The van der Waals surface area contributed by atoms with E-state index in [-0.39, 0.29) is 0 Å². The minimum absolute atomic E-state index is 0.334. The van der Waals surface area contributed by atoms with Gasteiger partial charge in [-0.3, -0.25) is 20.4 Å². The topological polar surface area (TPSA) is 92.5 Å². The summed E-state index contributed by atoms with van der Waals surface area (Å²) in [6.07, 6.45) is 0. The van der Waals surface area contributed by atoms with E-state index < -0.39 is 11.8 Å². The lowest BCUT2D eigenvalue weighted by atomic mass is 10.1. The van der Waals surface area contributed by atoms with Crippen molar-refractivity contribution in [3.8, 4) is 11.5 Å². The molecule has 3 N–H and O–H groups in total. The molecule has 7 nitrogen and oxygen atoms in total. The first kappa shape index (κ1) is 18.3. The Bertz CT molecular complexity index is 1020. The Balaban J connectivity index is 1.72. The second-order valence-corrected chi connectivity index (χ2v) is 6.11. The minimum atomic E-state index is -0.459. The maximum atomic E-state index is 12.4. The van der Waals surface area contributed by atoms with Crippen molar-refractivity contribution in [3.63, 3.8) is 0 Å². The van der Waals surface area contributed by atoms with E-state index in [1.165, 1.54) is 20.3 Å². The Morgan fingerprint density at radius 2 is 1.44 bits per heavy atom. The molecule has 0 saturated heterocycles. The average molecular weight is 367 g/mol. The van der Waals surface area contributed by atoms with Crippen LogP contribution in [0.1, 0.15) is 32.0 Å². The van der Waals surface area contributed by atoms with Gasteiger partial charge in [-0.25, -0.2) is 0 Å². The second kappa shape index (κ2) is 7.41. The van der Waals surface area contributed by atoms with E-state index in [1.807, 2.05) is 19.9 Å². The quantitative estimate of drug-likeness (QED) is 0.618. The van der Waals surface area contributed by atoms with Gasteiger partial charge in [-0.15, -0.1) is 0 Å². The van der Waals surface area contributed by atoms with Gasteiger partial charge in [0, 0.05) is 27.7 Å². The highest BCUT2D eigenvalue weighted by atomic mass is 16.5. The molecular formula is C20H21N3O4. The van der Waals surface area contributed by atoms with Crippen LogP contribution < -0.4 is 20.3 Å². The molecule has 0 bridgehead atoms. The number of carbonyl (C=O) groups is 2. The van der Waals surface area contributed by atoms with Crippen LogP contribution in [0.2, 0.25) is 0 Å². The Kier molecular flexibility index (Phi) is 5.03. The number of nitrogens with one attached hydrogen (secondary N) is 3. The third-order valence-corrected chi connectivity index (χ3v) is 4.51. The molecule has 2 aromatic carbocycles. The summed E-state index contributed by atoms with van der Waals surface area (Å²) < 4.78 is 10.3. The first-order valence-corrected chi connectivity index (χ1v) is 8.36. The molecule has 2 amide bonds. The van der Waals surface area contributed by atoms with Gasteiger partial charge in [-0.2, -0.15) is 0 Å². The van der Waals surface area contributed by atoms with E-state index in [0.717, 1.165) is 22.2 Å². The van der Waals surface area contributed by atoms with Crippen molar-refractivity contribution < 1.29 is 19.1 Å². The van der Waals surface area contributed by atoms with Crippen molar-refractivity contribution in [3.05, 3.63) is 58.8 Å². The molecule has 0 atom stereocenters. The number of ether oxygens (including phenoxy) is 2. The fourth-order valence-corrected chi connectivity index (χ4v) is 2.84. The maximum Gasteiger partial charge on any atom is 0.269 e. The standard InChI is InChI=1S/C20H21N3O4/c1-11-12(2)21-16-7-5-13(9-15(11)16)19(24)22-23-20(25)14-6-8-17(26-3)18(10-14)27-4/h5-10,21H,1-4H3,(H,22,24)(H,23,25). The summed E-state index contributed by atoms with van der Waals surface area (Å²) >= 11 is 0. The smallest absolute Gasteiger partial charge is 0.269 e. The van der Waals surface area contributed by atoms with Crippen molar-refractivity contribution in [2.75, 3.05) is 14.2 Å². The SMILES string of the molecule is COc1ccc(C(=O)NNC(=O)c2ccc3[nH]c(C)c(C)c3c2)cc1OC. The van der Waals surface area contributed by atoms with E-state index in [0.29, 0.717) is 22.6 Å². The normalized spacial score (nSPS) is 10.5. The van der Waals surface area contributed by atoms with Gasteiger partial charge in [-0.1, -0.05) is 0 Å². The average Bonchev–Trinajstić information content (AvgIpc) is 2.98. The Labute approximate surface area is 156 Å². The van der Waals surface area contributed by atoms with Gasteiger partial charge >= 0.3 is 0 Å². The van der Waals surface area contributed by atoms with Crippen molar-refractivity contribution >= 4 is 22.7 Å². The largest absolute Gasteiger partial charge is 0.493 e. The van der Waals surface area contributed by atoms with Crippen LogP contribution in [0.25, 0.3) is 10.9 Å². The molecule has 7 heteroatoms. The lowest BCUT2D eigenvalue weighted by Crippen LogP contribution is -2.41. The van der Waals surface area contributed by atoms with Crippen LogP contribution in [0.3, 0.4) is 0 Å². The zero-order valence-electron chi connectivity index (χ0n) is 15.6. The lowest BCUT2D eigenvalue weighted by Gasteiger charge is -2.11. The Hall–Kier alpha value is -3.48. The van der Waals surface area contributed by atoms with Crippen LogP contribution in [0.15, 0.2) is 36.4 Å². The first-order valence-electron chi connectivity index (χ1n) is 8.36. The molecule has 27 heavy (non-hydrogen) atoms. The summed E-state index contributed by atoms with van der Waals surface area (Å²) in [4.78, 5) is 27.9. The summed E-state index contributed by atoms with van der Waals surface area (Å²) in [7, 11) is 3.00. The number of H-pyrrole nitrogens is 1. The zero-order chi connectivity index (χ0) is 19.6. The van der Waals surface area contributed by atoms with Crippen molar-refractivity contribution in [2.45, 2.75) is 13.8 Å². The lowest BCUT2D eigenvalue weighted by molar-refractivity contribution is 0.0846. The second-order valence-electron chi connectivity index (χ2n) is 6.11. The van der Waals surface area contributed by atoms with Gasteiger partial charge in [0.25, 0.3) is 11.8 Å². The summed E-state index contributed by atoms with van der Waals surface area (Å²) in [5, 5.41) is 0.978. The number of aromatic nitrogens is 1. The van der Waals surface area contributed by atoms with Gasteiger partial charge in [-0.05, 0) is 55.8 Å². The Morgan fingerprint density at radius 3 is 2.07 bits per heavy atom. The molecule has 3 rings (SSSR count). The number of aromatic amines is 1. The van der Waals surface area contributed by atoms with Crippen LogP contribution in [-0.2, 0) is 0 Å². The number of rotatable bonds is 4. The molecule has 0 saturated carbocycles. The predicted molar refractivity (Wildman–Crippen MR) is 102 cm³/mol. The number of carbonyl (C=O) groups excluding carboxylic acids is 2. The number of hydrazine groups is 1. The van der Waals surface area contributed by atoms with Gasteiger partial charge < -0.3 is 14.5 Å². The van der Waals surface area contributed by atoms with E-state index >= 15 is 0 Å². The molecule has 0 fully saturated rings. The summed E-state index contributed by atoms with van der Waals surface area (Å²) in [5.41, 5.74) is 8.75. The van der Waals surface area contributed by atoms with E-state index in [1.54, 1.807) is 24.3 Å². The Morgan fingerprint density at radius 1 is 0.852 bits per heavy atom. The highest BCUT2D eigenvalue weighted by molar-refractivity contribution is 6.01. The summed E-state index contributed by atoms with van der Waals surface area (Å²) in [6.45, 7) is 3.98. The molecule has 1 aromatic heterocycles. The summed E-state index contributed by atoms with van der Waals surface area (Å²) in [5.74, 6) is 0.0896. The van der Waals surface area contributed by atoms with E-state index in [4.69, 9.17) is 9.47 Å². The van der Waals surface area contributed by atoms with Crippen LogP contribution in [0, 0.1) is 13.8 Å². The molecule has 0 aliphatic heterocycles. The molecule has 0 spiro atoms. The third-order valence-electron chi connectivity index (χ3n) is 4.51. The number of amides is 2. The van der Waals surface area contributed by atoms with Crippen LogP contribution in [0.5, 0.6) is 11.5 Å². The maximum absolute atomic E-state index is 12.4. The molecule has 0 aliphatic carbocycles. The molecule has 3 aromatic rings. The molecular weight excluding hydrogens is 346 g/mol. The number of methoxy groups -OCH3 is 2. The van der Waals surface area contributed by atoms with Crippen molar-refractivity contribution in [1.82, 2.24) is 15.8 Å². The monoisotopic (exact) mass is 367 g/mol. The van der Waals surface area contributed by atoms with Crippen molar-refractivity contribution in [1.29, 1.82) is 0 Å². The number of hydrogen-bond donors (Lipinski definition) is 3. The highest BCUT2D eigenvalue weighted by Gasteiger charge is 2.13. The molecule has 0 aliphatic rings. The third kappa shape index (κ3) is 3.57. The molecule has 0 radical (unpaired) electrons. The minimum Gasteiger partial charge on any atom is -0.493 e. The fraction of sp³-hybridized carbons (Fsp3) is 0.200. The van der Waals surface area contributed by atoms with Crippen LogP contribution >= 0.6 is 0 Å². The van der Waals surface area contributed by atoms with Gasteiger partial charge in [0.15, 0.2) is 11.5 Å².